The van der Waals surface area contributed by atoms with E-state index in [1.54, 1.807) is 6.20 Å². The predicted octanol–water partition coefficient (Wildman–Crippen LogP) is 1.18. The number of pyridine rings is 1. The van der Waals surface area contributed by atoms with E-state index in [0.717, 1.165) is 37.5 Å². The van der Waals surface area contributed by atoms with Crippen molar-refractivity contribution in [1.82, 2.24) is 10.3 Å². The topological polar surface area (TPSA) is 60.2 Å². The van der Waals surface area contributed by atoms with Gasteiger partial charge in [-0.15, -0.1) is 0 Å². The number of aromatic nitrogens is 1. The maximum atomic E-state index is 5.81. The van der Waals surface area contributed by atoms with Gasteiger partial charge >= 0.3 is 0 Å². The van der Waals surface area contributed by atoms with Gasteiger partial charge in [0.2, 0.25) is 0 Å². The molecule has 0 saturated carbocycles. The van der Waals surface area contributed by atoms with Gasteiger partial charge in [0.25, 0.3) is 0 Å². The number of nitrogens with one attached hydrogen (secondary N) is 1. The van der Waals surface area contributed by atoms with Gasteiger partial charge in [-0.3, -0.25) is 4.98 Å². The molecule has 0 radical (unpaired) electrons. The molecule has 1 saturated heterocycles. The van der Waals surface area contributed by atoms with Gasteiger partial charge in [0, 0.05) is 25.9 Å². The largest absolute Gasteiger partial charge is 0.397 e. The first-order chi connectivity index (χ1) is 7.77. The van der Waals surface area contributed by atoms with Crippen LogP contribution >= 0.6 is 0 Å². The Morgan fingerprint density at radius 1 is 1.62 bits per heavy atom. The van der Waals surface area contributed by atoms with Crippen molar-refractivity contribution in [3.8, 4) is 0 Å². The van der Waals surface area contributed by atoms with Crippen LogP contribution in [0, 0.1) is 5.92 Å². The highest BCUT2D eigenvalue weighted by Crippen LogP contribution is 2.19. The molecule has 88 valence electrons. The lowest BCUT2D eigenvalue weighted by Gasteiger charge is -2.14. The smallest absolute Gasteiger partial charge is 0.0770 e. The van der Waals surface area contributed by atoms with Crippen LogP contribution in [0.25, 0.3) is 0 Å². The van der Waals surface area contributed by atoms with E-state index in [2.05, 4.69) is 17.2 Å². The highest BCUT2D eigenvalue weighted by Gasteiger charge is 2.23. The van der Waals surface area contributed by atoms with E-state index in [9.17, 15) is 0 Å². The van der Waals surface area contributed by atoms with Gasteiger partial charge < -0.3 is 15.8 Å². The summed E-state index contributed by atoms with van der Waals surface area (Å²) in [6.07, 6.45) is 3.29. The standard InChI is InChI=1S/C12H19N3O/c1-9-10(4-6-16-9)7-14-8-12-11(13)3-2-5-15-12/h2-3,5,9-10,14H,4,6-8,13H2,1H3. The van der Waals surface area contributed by atoms with Crippen molar-refractivity contribution < 1.29 is 4.74 Å². The van der Waals surface area contributed by atoms with Crippen LogP contribution in [0.5, 0.6) is 0 Å². The third kappa shape index (κ3) is 2.71. The number of ether oxygens (including phenoxy) is 1. The molecule has 2 atom stereocenters. The normalized spacial score (nSPS) is 24.8. The molecule has 0 aliphatic carbocycles. The van der Waals surface area contributed by atoms with Crippen molar-refractivity contribution in [1.29, 1.82) is 0 Å². The lowest BCUT2D eigenvalue weighted by atomic mass is 10.0. The Morgan fingerprint density at radius 3 is 3.19 bits per heavy atom. The summed E-state index contributed by atoms with van der Waals surface area (Å²) in [7, 11) is 0. The van der Waals surface area contributed by atoms with E-state index >= 15 is 0 Å². The summed E-state index contributed by atoms with van der Waals surface area (Å²) in [6, 6.07) is 3.73. The molecule has 3 N–H and O–H groups in total. The van der Waals surface area contributed by atoms with Gasteiger partial charge in [-0.1, -0.05) is 0 Å². The molecule has 2 unspecified atom stereocenters. The quantitative estimate of drug-likeness (QED) is 0.801. The molecular formula is C12H19N3O. The molecule has 1 aromatic rings. The van der Waals surface area contributed by atoms with E-state index in [-0.39, 0.29) is 0 Å². The van der Waals surface area contributed by atoms with Crippen molar-refractivity contribution >= 4 is 5.69 Å². The predicted molar refractivity (Wildman–Crippen MR) is 63.9 cm³/mol. The van der Waals surface area contributed by atoms with Gasteiger partial charge in [-0.2, -0.15) is 0 Å². The van der Waals surface area contributed by atoms with Crippen LogP contribution in [0.3, 0.4) is 0 Å². The molecule has 2 heterocycles. The van der Waals surface area contributed by atoms with Crippen LogP contribution in [0.2, 0.25) is 0 Å². The Labute approximate surface area is 96.2 Å². The minimum Gasteiger partial charge on any atom is -0.397 e. The average Bonchev–Trinajstić information content (AvgIpc) is 2.67. The van der Waals surface area contributed by atoms with Gasteiger partial charge in [0.15, 0.2) is 0 Å². The van der Waals surface area contributed by atoms with E-state index in [0.29, 0.717) is 12.0 Å². The monoisotopic (exact) mass is 221 g/mol. The number of nitrogen functional groups attached to an aromatic ring is 1. The highest BCUT2D eigenvalue weighted by molar-refractivity contribution is 5.41. The minimum atomic E-state index is 0.369. The Morgan fingerprint density at radius 2 is 2.50 bits per heavy atom. The van der Waals surface area contributed by atoms with Crippen LogP contribution in [0.4, 0.5) is 5.69 Å². The van der Waals surface area contributed by atoms with Crippen LogP contribution in [0.1, 0.15) is 19.0 Å². The second kappa shape index (κ2) is 5.27. The van der Waals surface area contributed by atoms with E-state index in [1.165, 1.54) is 0 Å². The molecule has 1 aliphatic rings. The molecule has 0 bridgehead atoms. The summed E-state index contributed by atoms with van der Waals surface area (Å²) >= 11 is 0. The molecule has 2 rings (SSSR count). The fourth-order valence-corrected chi connectivity index (χ4v) is 2.02. The molecule has 1 aliphatic heterocycles. The van der Waals surface area contributed by atoms with Crippen molar-refractivity contribution in [3.05, 3.63) is 24.0 Å². The zero-order valence-corrected chi connectivity index (χ0v) is 9.65. The maximum Gasteiger partial charge on any atom is 0.0770 e. The van der Waals surface area contributed by atoms with E-state index in [4.69, 9.17) is 10.5 Å². The number of hydrogen-bond acceptors (Lipinski definition) is 4. The molecule has 4 heteroatoms. The summed E-state index contributed by atoms with van der Waals surface area (Å²) < 4.78 is 5.51. The average molecular weight is 221 g/mol. The molecule has 16 heavy (non-hydrogen) atoms. The first-order valence-corrected chi connectivity index (χ1v) is 5.79. The molecule has 1 aromatic heterocycles. The third-order valence-corrected chi connectivity index (χ3v) is 3.16. The molecular weight excluding hydrogens is 202 g/mol. The zero-order valence-electron chi connectivity index (χ0n) is 9.65. The number of nitrogens with zero attached hydrogens (tertiary/aromatic N) is 1. The van der Waals surface area contributed by atoms with Crippen LogP contribution in [-0.4, -0.2) is 24.2 Å². The fourth-order valence-electron chi connectivity index (χ4n) is 2.02. The molecule has 1 fully saturated rings. The van der Waals surface area contributed by atoms with Crippen LogP contribution in [0.15, 0.2) is 18.3 Å². The summed E-state index contributed by atoms with van der Waals surface area (Å²) in [5, 5.41) is 3.39. The fraction of sp³-hybridized carbons (Fsp3) is 0.583. The second-order valence-corrected chi connectivity index (χ2v) is 4.29. The Hall–Kier alpha value is -1.13. The van der Waals surface area contributed by atoms with E-state index in [1.807, 2.05) is 12.1 Å². The van der Waals surface area contributed by atoms with Gasteiger partial charge in [-0.25, -0.2) is 0 Å². The molecule has 0 amide bonds. The molecule has 0 spiro atoms. The Bertz CT molecular complexity index is 343. The van der Waals surface area contributed by atoms with Gasteiger partial charge in [0.05, 0.1) is 17.5 Å². The first kappa shape index (κ1) is 11.4. The second-order valence-electron chi connectivity index (χ2n) is 4.29. The van der Waals surface area contributed by atoms with Gasteiger partial charge in [0.1, 0.15) is 0 Å². The summed E-state index contributed by atoms with van der Waals surface area (Å²) in [5.41, 5.74) is 7.50. The SMILES string of the molecule is CC1OCCC1CNCc1ncccc1N. The molecule has 0 aromatic carbocycles. The summed E-state index contributed by atoms with van der Waals surface area (Å²) in [5.74, 6) is 0.616. The summed E-state index contributed by atoms with van der Waals surface area (Å²) in [6.45, 7) is 4.72. The maximum absolute atomic E-state index is 5.81. The van der Waals surface area contributed by atoms with Gasteiger partial charge in [-0.05, 0) is 31.4 Å². The van der Waals surface area contributed by atoms with Crippen LogP contribution < -0.4 is 11.1 Å². The number of nitrogens with two attached hydrogens (primary N) is 1. The lowest BCUT2D eigenvalue weighted by Crippen LogP contribution is -2.27. The number of anilines is 1. The van der Waals surface area contributed by atoms with Crippen molar-refractivity contribution in [2.75, 3.05) is 18.9 Å². The van der Waals surface area contributed by atoms with Crippen molar-refractivity contribution in [3.63, 3.8) is 0 Å². The number of hydrogen-bond donors (Lipinski definition) is 2. The highest BCUT2D eigenvalue weighted by atomic mass is 16.5. The number of rotatable bonds is 4. The van der Waals surface area contributed by atoms with Crippen LogP contribution in [-0.2, 0) is 11.3 Å². The van der Waals surface area contributed by atoms with E-state index < -0.39 is 0 Å². The molecule has 4 nitrogen and oxygen atoms in total. The Balaban J connectivity index is 1.78. The first-order valence-electron chi connectivity index (χ1n) is 5.79. The lowest BCUT2D eigenvalue weighted by molar-refractivity contribution is 0.105. The third-order valence-electron chi connectivity index (χ3n) is 3.16. The summed E-state index contributed by atoms with van der Waals surface area (Å²) in [4.78, 5) is 4.24. The minimum absolute atomic E-state index is 0.369. The van der Waals surface area contributed by atoms with Crippen molar-refractivity contribution in [2.24, 2.45) is 5.92 Å². The Kier molecular flexibility index (Phi) is 3.74. The van der Waals surface area contributed by atoms with Crippen molar-refractivity contribution in [2.45, 2.75) is 26.0 Å². The zero-order chi connectivity index (χ0) is 11.4.